The van der Waals surface area contributed by atoms with Gasteiger partial charge in [-0.25, -0.2) is 4.39 Å². The number of ether oxygens (including phenoxy) is 1. The lowest BCUT2D eigenvalue weighted by molar-refractivity contribution is 0.0805. The molecule has 4 rings (SSSR count). The van der Waals surface area contributed by atoms with E-state index in [1.54, 1.807) is 23.0 Å². The first-order chi connectivity index (χ1) is 11.2. The van der Waals surface area contributed by atoms with Crippen LogP contribution in [0.4, 0.5) is 4.39 Å². The minimum absolute atomic E-state index is 0.0901. The van der Waals surface area contributed by atoms with Crippen LogP contribution >= 0.6 is 11.6 Å². The van der Waals surface area contributed by atoms with Crippen molar-refractivity contribution in [1.29, 1.82) is 0 Å². The van der Waals surface area contributed by atoms with Crippen LogP contribution < -0.4 is 0 Å². The highest BCUT2D eigenvalue weighted by Gasteiger charge is 2.17. The Morgan fingerprint density at radius 2 is 2.17 bits per heavy atom. The van der Waals surface area contributed by atoms with Crippen LogP contribution in [0.25, 0.3) is 11.3 Å². The van der Waals surface area contributed by atoms with Crippen molar-refractivity contribution < 1.29 is 9.13 Å². The maximum Gasteiger partial charge on any atom is 0.159 e. The van der Waals surface area contributed by atoms with Crippen LogP contribution in [0.2, 0.25) is 5.02 Å². The van der Waals surface area contributed by atoms with Crippen LogP contribution in [0.15, 0.2) is 30.5 Å². The van der Waals surface area contributed by atoms with E-state index >= 15 is 0 Å². The molecule has 0 aliphatic carbocycles. The van der Waals surface area contributed by atoms with Crippen LogP contribution in [-0.4, -0.2) is 31.2 Å². The number of fused-ring (bicyclic) bond motifs is 1. The van der Waals surface area contributed by atoms with E-state index in [1.807, 2.05) is 10.6 Å². The smallest absolute Gasteiger partial charge is 0.159 e. The topological polar surface area (TPSA) is 57.8 Å². The van der Waals surface area contributed by atoms with E-state index in [0.717, 1.165) is 29.5 Å². The maximum atomic E-state index is 13.3. The Morgan fingerprint density at radius 3 is 3.04 bits per heavy atom. The van der Waals surface area contributed by atoms with Crippen molar-refractivity contribution in [3.05, 3.63) is 53.0 Å². The van der Waals surface area contributed by atoms with Gasteiger partial charge in [0.1, 0.15) is 19.0 Å². The van der Waals surface area contributed by atoms with E-state index in [2.05, 4.69) is 15.3 Å². The average Bonchev–Trinajstić information content (AvgIpc) is 3.18. The van der Waals surface area contributed by atoms with Gasteiger partial charge in [-0.15, -0.1) is 10.2 Å². The van der Waals surface area contributed by atoms with Crippen LogP contribution in [-0.2, 0) is 24.4 Å². The molecule has 0 saturated carbocycles. The van der Waals surface area contributed by atoms with Gasteiger partial charge in [-0.2, -0.15) is 5.10 Å². The van der Waals surface area contributed by atoms with Gasteiger partial charge in [-0.1, -0.05) is 11.6 Å². The Kier molecular flexibility index (Phi) is 3.59. The summed E-state index contributed by atoms with van der Waals surface area (Å²) in [6, 6.07) is 6.49. The van der Waals surface area contributed by atoms with Crippen LogP contribution in [0.1, 0.15) is 11.6 Å². The molecule has 6 nitrogen and oxygen atoms in total. The Labute approximate surface area is 136 Å². The Morgan fingerprint density at radius 1 is 1.26 bits per heavy atom. The van der Waals surface area contributed by atoms with Crippen LogP contribution in [0, 0.1) is 5.82 Å². The summed E-state index contributed by atoms with van der Waals surface area (Å²) in [5, 5.41) is 12.8. The Bertz CT molecular complexity index is 859. The molecule has 0 spiro atoms. The van der Waals surface area contributed by atoms with E-state index in [9.17, 15) is 4.39 Å². The molecule has 23 heavy (non-hydrogen) atoms. The molecule has 118 valence electrons. The zero-order chi connectivity index (χ0) is 15.8. The fourth-order valence-corrected chi connectivity index (χ4v) is 2.85. The first kappa shape index (κ1) is 14.3. The van der Waals surface area contributed by atoms with Crippen LogP contribution in [0.5, 0.6) is 0 Å². The third-order valence-corrected chi connectivity index (χ3v) is 4.11. The van der Waals surface area contributed by atoms with Crippen molar-refractivity contribution >= 4 is 11.6 Å². The predicted octanol–water partition coefficient (Wildman–Crippen LogP) is 2.51. The number of rotatable bonds is 3. The van der Waals surface area contributed by atoms with Gasteiger partial charge in [0.25, 0.3) is 0 Å². The highest BCUT2D eigenvalue weighted by atomic mass is 35.5. The molecule has 1 aliphatic rings. The largest absolute Gasteiger partial charge is 0.372 e. The molecule has 0 unspecified atom stereocenters. The normalized spacial score (nSPS) is 14.0. The standard InChI is InChI=1S/C15H13ClFN5O/c16-11-7-10(1-2-12(11)17)13-3-4-18-22(13)8-14-19-20-15-9-23-6-5-21(14)15/h1-4,7H,5-6,8-9H2. The molecule has 3 aromatic rings. The van der Waals surface area contributed by atoms with Gasteiger partial charge >= 0.3 is 0 Å². The SMILES string of the molecule is Fc1ccc(-c2ccnn2Cc2nnc3n2CCOC3)cc1Cl. The summed E-state index contributed by atoms with van der Waals surface area (Å²) in [6.45, 7) is 2.34. The maximum absolute atomic E-state index is 13.3. The molecule has 3 heterocycles. The highest BCUT2D eigenvalue weighted by molar-refractivity contribution is 6.31. The molecule has 8 heteroatoms. The fraction of sp³-hybridized carbons (Fsp3) is 0.267. The lowest BCUT2D eigenvalue weighted by Gasteiger charge is -2.16. The number of hydrogen-bond acceptors (Lipinski definition) is 4. The molecule has 0 N–H and O–H groups in total. The van der Waals surface area contributed by atoms with E-state index in [-0.39, 0.29) is 5.02 Å². The third kappa shape index (κ3) is 2.62. The number of aromatic nitrogens is 5. The molecule has 0 bridgehead atoms. The van der Waals surface area contributed by atoms with Gasteiger partial charge in [0.15, 0.2) is 11.6 Å². The summed E-state index contributed by atoms with van der Waals surface area (Å²) in [7, 11) is 0. The molecule has 0 fully saturated rings. The van der Waals surface area contributed by atoms with Gasteiger partial charge in [-0.3, -0.25) is 4.68 Å². The summed E-state index contributed by atoms with van der Waals surface area (Å²) in [5.41, 5.74) is 1.65. The Balaban J connectivity index is 1.67. The molecular formula is C15H13ClFN5O. The molecule has 1 aromatic carbocycles. The number of benzene rings is 1. The van der Waals surface area contributed by atoms with Crippen molar-refractivity contribution in [2.75, 3.05) is 6.61 Å². The second-order valence-corrected chi connectivity index (χ2v) is 5.65. The van der Waals surface area contributed by atoms with Gasteiger partial charge in [-0.05, 0) is 24.3 Å². The number of halogens is 2. The van der Waals surface area contributed by atoms with E-state index in [4.69, 9.17) is 16.3 Å². The first-order valence-electron chi connectivity index (χ1n) is 7.18. The summed E-state index contributed by atoms with van der Waals surface area (Å²) < 4.78 is 22.6. The van der Waals surface area contributed by atoms with E-state index < -0.39 is 5.82 Å². The van der Waals surface area contributed by atoms with Gasteiger partial charge < -0.3 is 9.30 Å². The second-order valence-electron chi connectivity index (χ2n) is 5.24. The lowest BCUT2D eigenvalue weighted by atomic mass is 10.1. The van der Waals surface area contributed by atoms with Crippen molar-refractivity contribution in [1.82, 2.24) is 24.5 Å². The molecule has 1 aliphatic heterocycles. The van der Waals surface area contributed by atoms with Gasteiger partial charge in [0.05, 0.1) is 17.3 Å². The van der Waals surface area contributed by atoms with Crippen LogP contribution in [0.3, 0.4) is 0 Å². The molecule has 0 saturated heterocycles. The van der Waals surface area contributed by atoms with Crippen molar-refractivity contribution in [2.24, 2.45) is 0 Å². The number of hydrogen-bond donors (Lipinski definition) is 0. The molecule has 0 atom stereocenters. The zero-order valence-electron chi connectivity index (χ0n) is 12.1. The summed E-state index contributed by atoms with van der Waals surface area (Å²) in [6.07, 6.45) is 1.70. The van der Waals surface area contributed by atoms with Crippen molar-refractivity contribution in [3.8, 4) is 11.3 Å². The number of nitrogens with zero attached hydrogens (tertiary/aromatic N) is 5. The minimum Gasteiger partial charge on any atom is -0.372 e. The van der Waals surface area contributed by atoms with Crippen molar-refractivity contribution in [3.63, 3.8) is 0 Å². The van der Waals surface area contributed by atoms with Gasteiger partial charge in [0, 0.05) is 18.3 Å². The second kappa shape index (κ2) is 5.75. The van der Waals surface area contributed by atoms with Gasteiger partial charge in [0.2, 0.25) is 0 Å². The highest BCUT2D eigenvalue weighted by Crippen LogP contribution is 2.25. The minimum atomic E-state index is -0.437. The van der Waals surface area contributed by atoms with E-state index in [1.165, 1.54) is 6.07 Å². The predicted molar refractivity (Wildman–Crippen MR) is 81.4 cm³/mol. The fourth-order valence-electron chi connectivity index (χ4n) is 2.67. The third-order valence-electron chi connectivity index (χ3n) is 3.82. The summed E-state index contributed by atoms with van der Waals surface area (Å²) >= 11 is 5.88. The molecule has 0 amide bonds. The summed E-state index contributed by atoms with van der Waals surface area (Å²) in [5.74, 6) is 1.21. The quantitative estimate of drug-likeness (QED) is 0.739. The average molecular weight is 334 g/mol. The molecular weight excluding hydrogens is 321 g/mol. The monoisotopic (exact) mass is 333 g/mol. The van der Waals surface area contributed by atoms with E-state index in [0.29, 0.717) is 19.8 Å². The van der Waals surface area contributed by atoms with Crippen molar-refractivity contribution in [2.45, 2.75) is 19.7 Å². The zero-order valence-corrected chi connectivity index (χ0v) is 12.9. The molecule has 0 radical (unpaired) electrons. The lowest BCUT2D eigenvalue weighted by Crippen LogP contribution is -2.20. The first-order valence-corrected chi connectivity index (χ1v) is 7.56. The summed E-state index contributed by atoms with van der Waals surface area (Å²) in [4.78, 5) is 0. The molecule has 2 aromatic heterocycles. The Hall–Kier alpha value is -2.25.